The smallest absolute Gasteiger partial charge is 0.243 e. The van der Waals surface area contributed by atoms with Crippen LogP contribution in [0.25, 0.3) is 0 Å². The van der Waals surface area contributed by atoms with Crippen molar-refractivity contribution >= 4 is 5.91 Å². The van der Waals surface area contributed by atoms with E-state index in [1.807, 2.05) is 13.8 Å². The number of amides is 1. The van der Waals surface area contributed by atoms with Gasteiger partial charge in [-0.2, -0.15) is 5.26 Å². The van der Waals surface area contributed by atoms with Gasteiger partial charge in [-0.15, -0.1) is 0 Å². The van der Waals surface area contributed by atoms with Crippen molar-refractivity contribution in [3.8, 4) is 6.07 Å². The molecular weight excluding hydrogens is 252 g/mol. The van der Waals surface area contributed by atoms with Crippen LogP contribution in [0.3, 0.4) is 0 Å². The number of likely N-dealkylation sites (N-methyl/N-ethyl adjacent to an activating group) is 1. The first-order valence-electron chi connectivity index (χ1n) is 7.89. The van der Waals surface area contributed by atoms with Crippen LogP contribution in [0.15, 0.2) is 0 Å². The zero-order valence-corrected chi connectivity index (χ0v) is 13.1. The van der Waals surface area contributed by atoms with Gasteiger partial charge >= 0.3 is 0 Å². The van der Waals surface area contributed by atoms with E-state index in [2.05, 4.69) is 6.07 Å². The molecule has 0 spiro atoms. The van der Waals surface area contributed by atoms with Gasteiger partial charge in [0, 0.05) is 7.05 Å². The van der Waals surface area contributed by atoms with E-state index in [0.29, 0.717) is 12.8 Å². The molecule has 1 aliphatic carbocycles. The highest BCUT2D eigenvalue weighted by Crippen LogP contribution is 2.33. The number of nitriles is 1. The number of nitrogens with zero attached hydrogens (tertiary/aromatic N) is 2. The Hall–Kier alpha value is -1.08. The predicted octanol–water partition coefficient (Wildman–Crippen LogP) is 2.86. The second-order valence-corrected chi connectivity index (χ2v) is 6.03. The Bertz CT molecular complexity index is 356. The maximum Gasteiger partial charge on any atom is 0.243 e. The lowest BCUT2D eigenvalue weighted by molar-refractivity contribution is -0.144. The Labute approximate surface area is 122 Å². The van der Waals surface area contributed by atoms with Crippen molar-refractivity contribution in [2.75, 3.05) is 7.05 Å². The number of aliphatic hydroxyl groups excluding tert-OH is 1. The second kappa shape index (κ2) is 7.64. The highest BCUT2D eigenvalue weighted by molar-refractivity contribution is 5.85. The van der Waals surface area contributed by atoms with Crippen LogP contribution >= 0.6 is 0 Å². The standard InChI is InChI=1S/C16H28N2O2/c1-4-10-16(12-17,11-5-2)15(20)18(3)13-8-6-7-9-14(13)19/h13-14,19H,4-11H2,1-3H3. The Morgan fingerprint density at radius 1 is 1.30 bits per heavy atom. The van der Waals surface area contributed by atoms with E-state index in [4.69, 9.17) is 0 Å². The lowest BCUT2D eigenvalue weighted by atomic mass is 9.78. The van der Waals surface area contributed by atoms with E-state index < -0.39 is 11.5 Å². The molecule has 1 N–H and O–H groups in total. The molecule has 1 fully saturated rings. The third-order valence-electron chi connectivity index (χ3n) is 4.49. The minimum Gasteiger partial charge on any atom is -0.391 e. The summed E-state index contributed by atoms with van der Waals surface area (Å²) in [6.07, 6.45) is 6.05. The zero-order valence-electron chi connectivity index (χ0n) is 13.1. The van der Waals surface area contributed by atoms with Crippen molar-refractivity contribution in [1.82, 2.24) is 4.90 Å². The third-order valence-corrected chi connectivity index (χ3v) is 4.49. The lowest BCUT2D eigenvalue weighted by Crippen LogP contribution is -2.51. The first-order valence-corrected chi connectivity index (χ1v) is 7.89. The minimum absolute atomic E-state index is 0.102. The molecule has 1 amide bonds. The third kappa shape index (κ3) is 3.52. The fourth-order valence-electron chi connectivity index (χ4n) is 3.38. The summed E-state index contributed by atoms with van der Waals surface area (Å²) in [7, 11) is 1.75. The summed E-state index contributed by atoms with van der Waals surface area (Å²) >= 11 is 0. The van der Waals surface area contributed by atoms with Gasteiger partial charge in [-0.05, 0) is 25.7 Å². The van der Waals surface area contributed by atoms with Crippen LogP contribution in [0, 0.1) is 16.7 Å². The van der Waals surface area contributed by atoms with Gasteiger partial charge in [0.1, 0.15) is 5.41 Å². The van der Waals surface area contributed by atoms with Crippen LogP contribution in [0.1, 0.15) is 65.2 Å². The van der Waals surface area contributed by atoms with Gasteiger partial charge in [0.15, 0.2) is 0 Å². The largest absolute Gasteiger partial charge is 0.391 e. The molecular formula is C16H28N2O2. The van der Waals surface area contributed by atoms with E-state index >= 15 is 0 Å². The molecule has 0 aliphatic heterocycles. The maximum absolute atomic E-state index is 12.8. The van der Waals surface area contributed by atoms with Gasteiger partial charge in [0.05, 0.1) is 18.2 Å². The monoisotopic (exact) mass is 280 g/mol. The van der Waals surface area contributed by atoms with Gasteiger partial charge in [-0.1, -0.05) is 39.5 Å². The van der Waals surface area contributed by atoms with Crippen LogP contribution in [-0.4, -0.2) is 35.1 Å². The van der Waals surface area contributed by atoms with Gasteiger partial charge in [-0.25, -0.2) is 0 Å². The number of hydrogen-bond acceptors (Lipinski definition) is 3. The highest BCUT2D eigenvalue weighted by Gasteiger charge is 2.42. The molecule has 4 heteroatoms. The molecule has 0 aromatic carbocycles. The second-order valence-electron chi connectivity index (χ2n) is 6.03. The average Bonchev–Trinajstić information content (AvgIpc) is 2.46. The summed E-state index contributed by atoms with van der Waals surface area (Å²) < 4.78 is 0. The molecule has 0 heterocycles. The fourth-order valence-corrected chi connectivity index (χ4v) is 3.38. The molecule has 1 saturated carbocycles. The number of hydrogen-bond donors (Lipinski definition) is 1. The zero-order chi connectivity index (χ0) is 15.2. The summed E-state index contributed by atoms with van der Waals surface area (Å²) in [6.45, 7) is 4.01. The van der Waals surface area contributed by atoms with Gasteiger partial charge in [-0.3, -0.25) is 4.79 Å². The quantitative estimate of drug-likeness (QED) is 0.813. The van der Waals surface area contributed by atoms with E-state index in [1.54, 1.807) is 11.9 Å². The molecule has 20 heavy (non-hydrogen) atoms. The normalized spacial score (nSPS) is 23.1. The first kappa shape index (κ1) is 17.0. The van der Waals surface area contributed by atoms with Crippen LogP contribution in [0.2, 0.25) is 0 Å². The number of rotatable bonds is 6. The minimum atomic E-state index is -0.907. The number of aliphatic hydroxyl groups is 1. The van der Waals surface area contributed by atoms with E-state index in [-0.39, 0.29) is 11.9 Å². The summed E-state index contributed by atoms with van der Waals surface area (Å²) in [6, 6.07) is 2.15. The van der Waals surface area contributed by atoms with E-state index in [0.717, 1.165) is 38.5 Å². The maximum atomic E-state index is 12.8. The van der Waals surface area contributed by atoms with E-state index in [1.165, 1.54) is 0 Å². The molecule has 1 aliphatic rings. The summed E-state index contributed by atoms with van der Waals surface area (Å²) in [5.41, 5.74) is -0.907. The van der Waals surface area contributed by atoms with Crippen molar-refractivity contribution in [2.24, 2.45) is 5.41 Å². The molecule has 2 atom stereocenters. The Balaban J connectivity index is 2.90. The molecule has 0 aromatic heterocycles. The number of carbonyl (C=O) groups excluding carboxylic acids is 1. The van der Waals surface area contributed by atoms with E-state index in [9.17, 15) is 15.2 Å². The van der Waals surface area contributed by atoms with Gasteiger partial charge < -0.3 is 10.0 Å². The fraction of sp³-hybridized carbons (Fsp3) is 0.875. The van der Waals surface area contributed by atoms with Crippen molar-refractivity contribution < 1.29 is 9.90 Å². The van der Waals surface area contributed by atoms with Crippen LogP contribution in [-0.2, 0) is 4.79 Å². The predicted molar refractivity (Wildman–Crippen MR) is 78.9 cm³/mol. The Morgan fingerprint density at radius 3 is 2.30 bits per heavy atom. The molecule has 0 saturated heterocycles. The van der Waals surface area contributed by atoms with Crippen LogP contribution in [0.5, 0.6) is 0 Å². The SMILES string of the molecule is CCCC(C#N)(CCC)C(=O)N(C)C1CCCCC1O. The first-order chi connectivity index (χ1) is 9.52. The molecule has 1 rings (SSSR count). The van der Waals surface area contributed by atoms with Crippen molar-refractivity contribution in [2.45, 2.75) is 77.4 Å². The van der Waals surface area contributed by atoms with Gasteiger partial charge in [0.25, 0.3) is 0 Å². The Morgan fingerprint density at radius 2 is 1.85 bits per heavy atom. The van der Waals surface area contributed by atoms with Crippen molar-refractivity contribution in [3.05, 3.63) is 0 Å². The Kier molecular flexibility index (Phi) is 6.48. The average molecular weight is 280 g/mol. The molecule has 0 bridgehead atoms. The van der Waals surface area contributed by atoms with Crippen molar-refractivity contribution in [1.29, 1.82) is 5.26 Å². The lowest BCUT2D eigenvalue weighted by Gasteiger charge is -2.39. The highest BCUT2D eigenvalue weighted by atomic mass is 16.3. The molecule has 2 unspecified atom stereocenters. The summed E-state index contributed by atoms with van der Waals surface area (Å²) in [5.74, 6) is -0.102. The van der Waals surface area contributed by atoms with Crippen LogP contribution < -0.4 is 0 Å². The topological polar surface area (TPSA) is 64.3 Å². The van der Waals surface area contributed by atoms with Gasteiger partial charge in [0.2, 0.25) is 5.91 Å². The molecule has 114 valence electrons. The summed E-state index contributed by atoms with van der Waals surface area (Å²) in [5, 5.41) is 19.7. The molecule has 4 nitrogen and oxygen atoms in total. The summed E-state index contributed by atoms with van der Waals surface area (Å²) in [4.78, 5) is 14.5. The molecule has 0 aromatic rings. The number of carbonyl (C=O) groups is 1. The molecule has 0 radical (unpaired) electrons. The van der Waals surface area contributed by atoms with Crippen LogP contribution in [0.4, 0.5) is 0 Å². The van der Waals surface area contributed by atoms with Crippen molar-refractivity contribution in [3.63, 3.8) is 0 Å².